The summed E-state index contributed by atoms with van der Waals surface area (Å²) in [6.45, 7) is 6.91. The second-order valence-electron chi connectivity index (χ2n) is 4.71. The van der Waals surface area contributed by atoms with Crippen LogP contribution in [0.5, 0.6) is 0 Å². The Bertz CT molecular complexity index is 373. The van der Waals surface area contributed by atoms with Crippen molar-refractivity contribution in [3.05, 3.63) is 34.9 Å². The second-order valence-corrected chi connectivity index (χ2v) is 4.71. The van der Waals surface area contributed by atoms with Crippen LogP contribution in [0.2, 0.25) is 0 Å². The van der Waals surface area contributed by atoms with Gasteiger partial charge >= 0.3 is 0 Å². The van der Waals surface area contributed by atoms with Gasteiger partial charge < -0.3 is 5.32 Å². The summed E-state index contributed by atoms with van der Waals surface area (Å²) in [4.78, 5) is 2.62. The van der Waals surface area contributed by atoms with E-state index in [1.165, 1.54) is 25.1 Å². The third-order valence-electron chi connectivity index (χ3n) is 3.68. The summed E-state index contributed by atoms with van der Waals surface area (Å²) < 4.78 is 0. The van der Waals surface area contributed by atoms with E-state index in [-0.39, 0.29) is 0 Å². The number of aryl methyl sites for hydroxylation is 1. The van der Waals surface area contributed by atoms with Gasteiger partial charge in [0.05, 0.1) is 0 Å². The molecule has 0 unspecified atom stereocenters. The van der Waals surface area contributed by atoms with Crippen molar-refractivity contribution in [2.24, 2.45) is 0 Å². The molecule has 0 radical (unpaired) electrons. The Hall–Kier alpha value is -0.860. The zero-order chi connectivity index (χ0) is 10.3. The molecule has 2 aliphatic rings. The standard InChI is InChI=1S/C13H18N2/c1-10-2-3-11-4-6-15-7-5-14-9-13(15)12(11)8-10/h2-3,8,13-14H,4-7,9H2,1H3/t13-/m1/s1. The Kier molecular flexibility index (Phi) is 2.26. The van der Waals surface area contributed by atoms with Gasteiger partial charge in [-0.2, -0.15) is 0 Å². The first-order chi connectivity index (χ1) is 7.34. The fourth-order valence-electron chi connectivity index (χ4n) is 2.84. The van der Waals surface area contributed by atoms with Crippen LogP contribution < -0.4 is 5.32 Å². The van der Waals surface area contributed by atoms with Gasteiger partial charge in [0.25, 0.3) is 0 Å². The number of hydrogen-bond donors (Lipinski definition) is 1. The first-order valence-electron chi connectivity index (χ1n) is 5.89. The maximum atomic E-state index is 3.50. The number of nitrogens with one attached hydrogen (secondary N) is 1. The maximum Gasteiger partial charge on any atom is 0.0476 e. The number of nitrogens with zero attached hydrogens (tertiary/aromatic N) is 1. The zero-order valence-corrected chi connectivity index (χ0v) is 9.29. The molecule has 1 aromatic rings. The number of benzene rings is 1. The van der Waals surface area contributed by atoms with Crippen molar-refractivity contribution in [1.29, 1.82) is 0 Å². The predicted octanol–water partition coefficient (Wildman–Crippen LogP) is 1.50. The second kappa shape index (κ2) is 3.62. The highest BCUT2D eigenvalue weighted by molar-refractivity contribution is 5.36. The molecule has 0 aromatic heterocycles. The lowest BCUT2D eigenvalue weighted by Crippen LogP contribution is -2.48. The highest BCUT2D eigenvalue weighted by Crippen LogP contribution is 2.30. The highest BCUT2D eigenvalue weighted by atomic mass is 15.2. The van der Waals surface area contributed by atoms with Crippen LogP contribution in [0, 0.1) is 6.92 Å². The Morgan fingerprint density at radius 3 is 3.20 bits per heavy atom. The smallest absolute Gasteiger partial charge is 0.0476 e. The van der Waals surface area contributed by atoms with E-state index in [0.29, 0.717) is 6.04 Å². The summed E-state index contributed by atoms with van der Waals surface area (Å²) in [7, 11) is 0. The van der Waals surface area contributed by atoms with E-state index in [1.54, 1.807) is 11.1 Å². The van der Waals surface area contributed by atoms with Gasteiger partial charge in [0.15, 0.2) is 0 Å². The lowest BCUT2D eigenvalue weighted by atomic mass is 9.90. The van der Waals surface area contributed by atoms with Gasteiger partial charge in [0, 0.05) is 32.2 Å². The Morgan fingerprint density at radius 2 is 2.27 bits per heavy atom. The lowest BCUT2D eigenvalue weighted by molar-refractivity contribution is 0.152. The predicted molar refractivity (Wildman–Crippen MR) is 62.1 cm³/mol. The van der Waals surface area contributed by atoms with Gasteiger partial charge in [-0.25, -0.2) is 0 Å². The van der Waals surface area contributed by atoms with Crippen LogP contribution in [0.25, 0.3) is 0 Å². The van der Waals surface area contributed by atoms with Crippen molar-refractivity contribution in [2.45, 2.75) is 19.4 Å². The molecule has 2 nitrogen and oxygen atoms in total. The highest BCUT2D eigenvalue weighted by Gasteiger charge is 2.28. The van der Waals surface area contributed by atoms with E-state index < -0.39 is 0 Å². The third-order valence-corrected chi connectivity index (χ3v) is 3.68. The fourth-order valence-corrected chi connectivity index (χ4v) is 2.84. The number of fused-ring (bicyclic) bond motifs is 3. The molecule has 1 saturated heterocycles. The van der Waals surface area contributed by atoms with Crippen molar-refractivity contribution >= 4 is 0 Å². The van der Waals surface area contributed by atoms with Gasteiger partial charge in [-0.1, -0.05) is 23.8 Å². The fraction of sp³-hybridized carbons (Fsp3) is 0.538. The molecule has 0 saturated carbocycles. The summed E-state index contributed by atoms with van der Waals surface area (Å²) in [5.41, 5.74) is 4.51. The largest absolute Gasteiger partial charge is 0.314 e. The van der Waals surface area contributed by atoms with Crippen LogP contribution >= 0.6 is 0 Å². The number of rotatable bonds is 0. The number of hydrogen-bond acceptors (Lipinski definition) is 2. The summed E-state index contributed by atoms with van der Waals surface area (Å²) >= 11 is 0. The van der Waals surface area contributed by atoms with Crippen LogP contribution in [0.1, 0.15) is 22.7 Å². The molecular formula is C13H18N2. The van der Waals surface area contributed by atoms with Crippen LogP contribution in [0.3, 0.4) is 0 Å². The van der Waals surface area contributed by atoms with E-state index in [2.05, 4.69) is 35.3 Å². The maximum absolute atomic E-state index is 3.50. The summed E-state index contributed by atoms with van der Waals surface area (Å²) in [5.74, 6) is 0. The van der Waals surface area contributed by atoms with Crippen molar-refractivity contribution < 1.29 is 0 Å². The molecule has 0 spiro atoms. The molecular weight excluding hydrogens is 184 g/mol. The molecule has 2 aliphatic heterocycles. The first kappa shape index (κ1) is 9.37. The van der Waals surface area contributed by atoms with E-state index in [4.69, 9.17) is 0 Å². The molecule has 2 heteroatoms. The minimum atomic E-state index is 0.627. The van der Waals surface area contributed by atoms with Crippen LogP contribution in [0.15, 0.2) is 18.2 Å². The molecule has 0 bridgehead atoms. The molecule has 1 aromatic carbocycles. The Morgan fingerprint density at radius 1 is 1.33 bits per heavy atom. The molecule has 80 valence electrons. The Balaban J connectivity index is 2.01. The van der Waals surface area contributed by atoms with E-state index in [0.717, 1.165) is 13.1 Å². The zero-order valence-electron chi connectivity index (χ0n) is 9.29. The lowest BCUT2D eigenvalue weighted by Gasteiger charge is -2.41. The monoisotopic (exact) mass is 202 g/mol. The van der Waals surface area contributed by atoms with Crippen molar-refractivity contribution in [3.8, 4) is 0 Å². The van der Waals surface area contributed by atoms with Gasteiger partial charge in [0.2, 0.25) is 0 Å². The van der Waals surface area contributed by atoms with Gasteiger partial charge in [0.1, 0.15) is 0 Å². The van der Waals surface area contributed by atoms with Crippen LogP contribution in [-0.2, 0) is 6.42 Å². The molecule has 1 atom stereocenters. The molecule has 3 rings (SSSR count). The average Bonchev–Trinajstić information content (AvgIpc) is 2.29. The van der Waals surface area contributed by atoms with Crippen molar-refractivity contribution in [2.75, 3.05) is 26.2 Å². The third kappa shape index (κ3) is 1.58. The quantitative estimate of drug-likeness (QED) is 0.686. The first-order valence-corrected chi connectivity index (χ1v) is 5.89. The van der Waals surface area contributed by atoms with Gasteiger partial charge in [-0.05, 0) is 24.5 Å². The van der Waals surface area contributed by atoms with Crippen LogP contribution in [-0.4, -0.2) is 31.1 Å². The topological polar surface area (TPSA) is 15.3 Å². The van der Waals surface area contributed by atoms with E-state index in [9.17, 15) is 0 Å². The normalized spacial score (nSPS) is 25.8. The number of piperazine rings is 1. The van der Waals surface area contributed by atoms with E-state index >= 15 is 0 Å². The summed E-state index contributed by atoms with van der Waals surface area (Å²) in [5, 5.41) is 3.50. The molecule has 1 N–H and O–H groups in total. The molecule has 0 amide bonds. The molecule has 2 heterocycles. The van der Waals surface area contributed by atoms with E-state index in [1.807, 2.05) is 0 Å². The SMILES string of the molecule is Cc1ccc2c(c1)[C@H]1CNCCN1CC2. The summed E-state index contributed by atoms with van der Waals surface area (Å²) in [6, 6.07) is 7.56. The molecule has 0 aliphatic carbocycles. The summed E-state index contributed by atoms with van der Waals surface area (Å²) in [6.07, 6.45) is 1.23. The average molecular weight is 202 g/mol. The van der Waals surface area contributed by atoms with Crippen molar-refractivity contribution in [3.63, 3.8) is 0 Å². The minimum Gasteiger partial charge on any atom is -0.314 e. The van der Waals surface area contributed by atoms with Gasteiger partial charge in [-0.3, -0.25) is 4.90 Å². The molecule has 15 heavy (non-hydrogen) atoms. The van der Waals surface area contributed by atoms with Crippen molar-refractivity contribution in [1.82, 2.24) is 10.2 Å². The van der Waals surface area contributed by atoms with Crippen LogP contribution in [0.4, 0.5) is 0 Å². The minimum absolute atomic E-state index is 0.627. The Labute approximate surface area is 91.3 Å². The molecule has 1 fully saturated rings. The van der Waals surface area contributed by atoms with Gasteiger partial charge in [-0.15, -0.1) is 0 Å².